The van der Waals surface area contributed by atoms with Crippen LogP contribution in [0.3, 0.4) is 0 Å². The van der Waals surface area contributed by atoms with Gasteiger partial charge in [-0.2, -0.15) is 9.97 Å². The molecule has 2 amide bonds. The number of benzene rings is 2. The molecule has 4 rings (SSSR count). The Kier molecular flexibility index (Phi) is 13.0. The highest BCUT2D eigenvalue weighted by molar-refractivity contribution is 6.17. The van der Waals surface area contributed by atoms with Crippen LogP contribution in [0.2, 0.25) is 0 Å². The number of hydrogen-bond donors (Lipinski definition) is 2. The number of nitrogens with one attached hydrogen (secondary N) is 2. The molecule has 11 heteroatoms. The molecule has 0 atom stereocenters. The summed E-state index contributed by atoms with van der Waals surface area (Å²) in [5, 5.41) is 5.56. The van der Waals surface area contributed by atoms with Crippen LogP contribution in [-0.4, -0.2) is 81.1 Å². The van der Waals surface area contributed by atoms with E-state index >= 15 is 0 Å². The average molecular weight is 609 g/mol. The van der Waals surface area contributed by atoms with Crippen LogP contribution >= 0.6 is 11.6 Å². The second kappa shape index (κ2) is 16.7. The second-order valence-corrected chi connectivity index (χ2v) is 11.3. The van der Waals surface area contributed by atoms with Crippen molar-refractivity contribution in [1.82, 2.24) is 25.5 Å². The molecule has 0 aliphatic carbocycles. The minimum absolute atomic E-state index is 0.00486. The van der Waals surface area contributed by atoms with E-state index in [1.807, 2.05) is 68.3 Å². The van der Waals surface area contributed by atoms with Crippen LogP contribution in [0, 0.1) is 0 Å². The third-order valence-electron chi connectivity index (χ3n) is 6.95. The molecule has 0 saturated carbocycles. The van der Waals surface area contributed by atoms with E-state index in [9.17, 15) is 9.59 Å². The summed E-state index contributed by atoms with van der Waals surface area (Å²) in [7, 11) is 8.02. The van der Waals surface area contributed by atoms with Gasteiger partial charge in [-0.05, 0) is 22.3 Å². The Labute approximate surface area is 261 Å². The van der Waals surface area contributed by atoms with Crippen molar-refractivity contribution in [1.29, 1.82) is 0 Å². The normalized spacial score (nSPS) is 13.0. The van der Waals surface area contributed by atoms with Crippen molar-refractivity contribution in [3.05, 3.63) is 76.9 Å². The zero-order valence-corrected chi connectivity index (χ0v) is 27.0. The van der Waals surface area contributed by atoms with Gasteiger partial charge in [-0.3, -0.25) is 14.5 Å². The number of carbonyl (C=O) groups excluding carboxylic acids is 2. The molecule has 43 heavy (non-hydrogen) atoms. The molecular formula is C32H45ClN8O2. The molecular weight excluding hydrogens is 564 g/mol. The predicted molar refractivity (Wildman–Crippen MR) is 176 cm³/mol. The first-order valence-corrected chi connectivity index (χ1v) is 15.0. The average Bonchev–Trinajstić information content (AvgIpc) is 3.00. The zero-order chi connectivity index (χ0) is 31.4. The van der Waals surface area contributed by atoms with E-state index in [0.29, 0.717) is 19.0 Å². The van der Waals surface area contributed by atoms with E-state index in [2.05, 4.69) is 44.7 Å². The third kappa shape index (κ3) is 11.4. The highest BCUT2D eigenvalue weighted by Gasteiger charge is 2.21. The Morgan fingerprint density at radius 2 is 1.14 bits per heavy atom. The SMILES string of the molecule is CC(=O)NCc1ccc(CCl)cc1.CC(=O)NCc1ccc(CN2CCN(c3nc(N(C)C)cc(N(C)C)n3)CC2)cc1. The van der Waals surface area contributed by atoms with Crippen LogP contribution in [0.1, 0.15) is 36.1 Å². The van der Waals surface area contributed by atoms with Crippen LogP contribution in [0.5, 0.6) is 0 Å². The zero-order valence-electron chi connectivity index (χ0n) is 26.2. The van der Waals surface area contributed by atoms with Gasteiger partial charge in [0.2, 0.25) is 17.8 Å². The van der Waals surface area contributed by atoms with Gasteiger partial charge in [-0.25, -0.2) is 0 Å². The molecule has 1 aliphatic rings. The van der Waals surface area contributed by atoms with Crippen molar-refractivity contribution in [2.24, 2.45) is 0 Å². The van der Waals surface area contributed by atoms with Crippen LogP contribution < -0.4 is 25.3 Å². The second-order valence-electron chi connectivity index (χ2n) is 11.0. The highest BCUT2D eigenvalue weighted by Crippen LogP contribution is 2.22. The van der Waals surface area contributed by atoms with Gasteiger partial charge in [0.05, 0.1) is 0 Å². The summed E-state index contributed by atoms with van der Waals surface area (Å²) < 4.78 is 0. The van der Waals surface area contributed by atoms with E-state index in [0.717, 1.165) is 67.0 Å². The minimum Gasteiger partial charge on any atom is -0.363 e. The maximum absolute atomic E-state index is 11.0. The standard InChI is InChI=1S/C22H33N7O.C10H12ClNO/c1-17(30)23-15-18-6-8-19(9-7-18)16-28-10-12-29(13-11-28)22-24-20(26(2)3)14-21(25-22)27(4)5;1-8(13)12-7-10-4-2-9(6-11)3-5-10/h6-9,14H,10-13,15-16H2,1-5H3,(H,23,30);2-5H,6-7H2,1H3,(H,12,13). The maximum atomic E-state index is 11.0. The number of carbonyl (C=O) groups is 2. The summed E-state index contributed by atoms with van der Waals surface area (Å²) in [6.45, 7) is 8.89. The van der Waals surface area contributed by atoms with E-state index in [-0.39, 0.29) is 11.8 Å². The van der Waals surface area contributed by atoms with Gasteiger partial charge < -0.3 is 25.3 Å². The first-order valence-electron chi connectivity index (χ1n) is 14.5. The largest absolute Gasteiger partial charge is 0.363 e. The summed E-state index contributed by atoms with van der Waals surface area (Å²) >= 11 is 5.64. The lowest BCUT2D eigenvalue weighted by Gasteiger charge is -2.35. The lowest BCUT2D eigenvalue weighted by molar-refractivity contribution is -0.120. The van der Waals surface area contributed by atoms with E-state index in [1.54, 1.807) is 0 Å². The van der Waals surface area contributed by atoms with Crippen molar-refractivity contribution in [3.63, 3.8) is 0 Å². The van der Waals surface area contributed by atoms with Crippen molar-refractivity contribution in [2.75, 3.05) is 69.1 Å². The number of rotatable bonds is 10. The fraction of sp³-hybridized carbons (Fsp3) is 0.438. The van der Waals surface area contributed by atoms with E-state index in [1.165, 1.54) is 19.4 Å². The molecule has 0 radical (unpaired) electrons. The van der Waals surface area contributed by atoms with E-state index in [4.69, 9.17) is 21.6 Å². The first-order chi connectivity index (χ1) is 20.5. The van der Waals surface area contributed by atoms with Crippen LogP contribution in [0.25, 0.3) is 0 Å². The molecule has 2 N–H and O–H groups in total. The summed E-state index contributed by atoms with van der Waals surface area (Å²) in [4.78, 5) is 39.9. The molecule has 232 valence electrons. The monoisotopic (exact) mass is 608 g/mol. The number of aromatic nitrogens is 2. The fourth-order valence-electron chi connectivity index (χ4n) is 4.34. The van der Waals surface area contributed by atoms with Gasteiger partial charge in [-0.1, -0.05) is 48.5 Å². The predicted octanol–water partition coefficient (Wildman–Crippen LogP) is 3.63. The summed E-state index contributed by atoms with van der Waals surface area (Å²) in [6.07, 6.45) is 0. The Morgan fingerprint density at radius 1 is 0.721 bits per heavy atom. The Bertz CT molecular complexity index is 1280. The topological polar surface area (TPSA) is 96.9 Å². The molecule has 10 nitrogen and oxygen atoms in total. The molecule has 2 heterocycles. The third-order valence-corrected chi connectivity index (χ3v) is 7.26. The number of alkyl halides is 1. The van der Waals surface area contributed by atoms with Crippen molar-refractivity contribution in [3.8, 4) is 0 Å². The molecule has 2 aromatic carbocycles. The van der Waals surface area contributed by atoms with Crippen molar-refractivity contribution in [2.45, 2.75) is 39.4 Å². The number of amides is 2. The number of halogens is 1. The number of hydrogen-bond acceptors (Lipinski definition) is 8. The Hall–Kier alpha value is -3.89. The van der Waals surface area contributed by atoms with Crippen molar-refractivity contribution < 1.29 is 9.59 Å². The molecule has 0 bridgehead atoms. The van der Waals surface area contributed by atoms with Crippen LogP contribution in [0.4, 0.5) is 17.6 Å². The summed E-state index contributed by atoms with van der Waals surface area (Å²) in [5.74, 6) is 3.15. The Balaban J connectivity index is 0.000000326. The lowest BCUT2D eigenvalue weighted by Crippen LogP contribution is -2.46. The van der Waals surface area contributed by atoms with Gasteiger partial charge in [0.1, 0.15) is 11.6 Å². The molecule has 3 aromatic rings. The molecule has 1 aromatic heterocycles. The smallest absolute Gasteiger partial charge is 0.229 e. The summed E-state index contributed by atoms with van der Waals surface area (Å²) in [5.41, 5.74) is 4.58. The summed E-state index contributed by atoms with van der Waals surface area (Å²) in [6, 6.07) is 18.3. The Morgan fingerprint density at radius 3 is 1.53 bits per heavy atom. The van der Waals surface area contributed by atoms with Gasteiger partial charge in [0, 0.05) is 99.8 Å². The van der Waals surface area contributed by atoms with Gasteiger partial charge in [-0.15, -0.1) is 11.6 Å². The number of anilines is 3. The number of nitrogens with zero attached hydrogens (tertiary/aromatic N) is 6. The van der Waals surface area contributed by atoms with Crippen LogP contribution in [-0.2, 0) is 35.1 Å². The highest BCUT2D eigenvalue weighted by atomic mass is 35.5. The van der Waals surface area contributed by atoms with Crippen LogP contribution in [0.15, 0.2) is 54.6 Å². The molecule has 1 aliphatic heterocycles. The molecule has 0 spiro atoms. The minimum atomic E-state index is -0.0126. The number of piperazine rings is 1. The van der Waals surface area contributed by atoms with Gasteiger partial charge in [0.15, 0.2) is 0 Å². The van der Waals surface area contributed by atoms with E-state index < -0.39 is 0 Å². The molecule has 0 unspecified atom stereocenters. The van der Waals surface area contributed by atoms with Gasteiger partial charge >= 0.3 is 0 Å². The van der Waals surface area contributed by atoms with Gasteiger partial charge in [0.25, 0.3) is 0 Å². The van der Waals surface area contributed by atoms with Crippen molar-refractivity contribution >= 4 is 41.0 Å². The maximum Gasteiger partial charge on any atom is 0.229 e. The molecule has 1 saturated heterocycles. The quantitative estimate of drug-likeness (QED) is 0.337. The lowest BCUT2D eigenvalue weighted by atomic mass is 10.1. The fourth-order valence-corrected chi connectivity index (χ4v) is 4.51. The molecule has 1 fully saturated rings. The first kappa shape index (κ1) is 33.6.